The summed E-state index contributed by atoms with van der Waals surface area (Å²) in [4.78, 5) is 4.19. The maximum absolute atomic E-state index is 4.19. The number of rotatable bonds is 2. The Morgan fingerprint density at radius 1 is 1.25 bits per heavy atom. The van der Waals surface area contributed by atoms with Gasteiger partial charge in [0.25, 0.3) is 0 Å². The second kappa shape index (κ2) is 5.67. The number of hydrogen-bond acceptors (Lipinski definition) is 2. The normalized spacial score (nSPS) is 26.1. The zero-order valence-corrected chi connectivity index (χ0v) is 11.3. The Morgan fingerprint density at radius 3 is 2.88 bits per heavy atom. The van der Waals surface area contributed by atoms with Gasteiger partial charge >= 0.3 is 0 Å². The van der Waals surface area contributed by atoms with Gasteiger partial charge in [0.15, 0.2) is 0 Å². The van der Waals surface area contributed by atoms with Gasteiger partial charge in [0, 0.05) is 16.7 Å². The Bertz CT molecular complexity index is 340. The zero-order chi connectivity index (χ0) is 11.4. The van der Waals surface area contributed by atoms with Crippen molar-refractivity contribution in [3.8, 4) is 0 Å². The van der Waals surface area contributed by atoms with Crippen LogP contribution in [0, 0.1) is 5.92 Å². The Hall–Kier alpha value is -0.570. The van der Waals surface area contributed by atoms with Gasteiger partial charge in [-0.25, -0.2) is 0 Å². The van der Waals surface area contributed by atoms with Crippen molar-refractivity contribution in [3.05, 3.63) is 22.9 Å². The molecule has 2 nitrogen and oxygen atoms in total. The lowest BCUT2D eigenvalue weighted by Crippen LogP contribution is -2.26. The molecule has 1 saturated carbocycles. The van der Waals surface area contributed by atoms with Crippen molar-refractivity contribution >= 4 is 21.6 Å². The van der Waals surface area contributed by atoms with Gasteiger partial charge in [-0.05, 0) is 40.8 Å². The van der Waals surface area contributed by atoms with E-state index in [0.717, 1.165) is 16.1 Å². The van der Waals surface area contributed by atoms with Crippen molar-refractivity contribution in [2.24, 2.45) is 5.92 Å². The van der Waals surface area contributed by atoms with Crippen LogP contribution < -0.4 is 5.32 Å². The van der Waals surface area contributed by atoms with E-state index in [-0.39, 0.29) is 0 Å². The van der Waals surface area contributed by atoms with Gasteiger partial charge in [-0.3, -0.25) is 4.98 Å². The van der Waals surface area contributed by atoms with Crippen molar-refractivity contribution in [2.45, 2.75) is 45.1 Å². The van der Waals surface area contributed by atoms with E-state index in [9.17, 15) is 0 Å². The van der Waals surface area contributed by atoms with Crippen LogP contribution in [0.15, 0.2) is 22.9 Å². The summed E-state index contributed by atoms with van der Waals surface area (Å²) in [6, 6.07) is 2.71. The van der Waals surface area contributed by atoms with Crippen molar-refractivity contribution in [1.29, 1.82) is 0 Å². The van der Waals surface area contributed by atoms with Gasteiger partial charge in [0.05, 0.1) is 11.9 Å². The molecule has 1 aliphatic rings. The van der Waals surface area contributed by atoms with Gasteiger partial charge in [-0.15, -0.1) is 0 Å². The SMILES string of the molecule is CC1CCCCCC1Nc1cncc(Br)c1. The molecule has 1 heterocycles. The van der Waals surface area contributed by atoms with E-state index in [1.165, 1.54) is 32.1 Å². The van der Waals surface area contributed by atoms with Crippen LogP contribution in [0.5, 0.6) is 0 Å². The summed E-state index contributed by atoms with van der Waals surface area (Å²) in [5, 5.41) is 3.62. The smallest absolute Gasteiger partial charge is 0.0540 e. The number of anilines is 1. The van der Waals surface area contributed by atoms with Crippen LogP contribution in [0.4, 0.5) is 5.69 Å². The van der Waals surface area contributed by atoms with Crippen molar-refractivity contribution in [1.82, 2.24) is 4.98 Å². The maximum atomic E-state index is 4.19. The number of nitrogens with zero attached hydrogens (tertiary/aromatic N) is 1. The first-order valence-electron chi connectivity index (χ1n) is 6.13. The molecular weight excluding hydrogens is 264 g/mol. The molecule has 0 saturated heterocycles. The maximum Gasteiger partial charge on any atom is 0.0540 e. The minimum absolute atomic E-state index is 0.610. The van der Waals surface area contributed by atoms with E-state index in [1.54, 1.807) is 0 Å². The van der Waals surface area contributed by atoms with Crippen LogP contribution in [-0.4, -0.2) is 11.0 Å². The molecule has 0 spiro atoms. The highest BCUT2D eigenvalue weighted by Crippen LogP contribution is 2.26. The van der Waals surface area contributed by atoms with E-state index >= 15 is 0 Å². The highest BCUT2D eigenvalue weighted by atomic mass is 79.9. The Morgan fingerprint density at radius 2 is 2.06 bits per heavy atom. The predicted molar refractivity (Wildman–Crippen MR) is 71.6 cm³/mol. The fraction of sp³-hybridized carbons (Fsp3) is 0.615. The number of nitrogens with one attached hydrogen (secondary N) is 1. The molecule has 1 N–H and O–H groups in total. The molecule has 0 radical (unpaired) electrons. The van der Waals surface area contributed by atoms with Gasteiger partial charge in [-0.2, -0.15) is 0 Å². The molecule has 3 heteroatoms. The number of halogens is 1. The average molecular weight is 283 g/mol. The number of hydrogen-bond donors (Lipinski definition) is 1. The van der Waals surface area contributed by atoms with E-state index < -0.39 is 0 Å². The third kappa shape index (κ3) is 3.21. The molecule has 0 aromatic carbocycles. The van der Waals surface area contributed by atoms with Crippen molar-refractivity contribution in [3.63, 3.8) is 0 Å². The van der Waals surface area contributed by atoms with E-state index in [2.05, 4.69) is 39.2 Å². The quantitative estimate of drug-likeness (QED) is 0.822. The summed E-state index contributed by atoms with van der Waals surface area (Å²) in [5.41, 5.74) is 1.13. The summed E-state index contributed by atoms with van der Waals surface area (Å²) in [7, 11) is 0. The molecule has 0 bridgehead atoms. The predicted octanol–water partition coefficient (Wildman–Crippen LogP) is 4.22. The fourth-order valence-corrected chi connectivity index (χ4v) is 2.78. The second-order valence-electron chi connectivity index (χ2n) is 4.76. The van der Waals surface area contributed by atoms with Crippen LogP contribution in [0.1, 0.15) is 39.0 Å². The van der Waals surface area contributed by atoms with Crippen molar-refractivity contribution < 1.29 is 0 Å². The van der Waals surface area contributed by atoms with Crippen LogP contribution in [-0.2, 0) is 0 Å². The summed E-state index contributed by atoms with van der Waals surface area (Å²) in [5.74, 6) is 0.765. The fourth-order valence-electron chi connectivity index (χ4n) is 2.41. The number of pyridine rings is 1. The summed E-state index contributed by atoms with van der Waals surface area (Å²) >= 11 is 3.46. The topological polar surface area (TPSA) is 24.9 Å². The Balaban J connectivity index is 2.02. The molecule has 2 rings (SSSR count). The second-order valence-corrected chi connectivity index (χ2v) is 5.67. The van der Waals surface area contributed by atoms with Crippen LogP contribution in [0.2, 0.25) is 0 Å². The summed E-state index contributed by atoms with van der Waals surface area (Å²) < 4.78 is 1.04. The summed E-state index contributed by atoms with van der Waals surface area (Å²) in [6.45, 7) is 2.36. The molecule has 0 aliphatic heterocycles. The first-order chi connectivity index (χ1) is 7.75. The van der Waals surface area contributed by atoms with Crippen molar-refractivity contribution in [2.75, 3.05) is 5.32 Å². The lowest BCUT2D eigenvalue weighted by atomic mass is 9.97. The third-order valence-electron chi connectivity index (χ3n) is 3.42. The number of aromatic nitrogens is 1. The minimum atomic E-state index is 0.610. The van der Waals surface area contributed by atoms with Gasteiger partial charge in [0.1, 0.15) is 0 Å². The van der Waals surface area contributed by atoms with Gasteiger partial charge in [-0.1, -0.05) is 26.2 Å². The zero-order valence-electron chi connectivity index (χ0n) is 9.75. The first-order valence-corrected chi connectivity index (χ1v) is 6.92. The molecular formula is C13H19BrN2. The van der Waals surface area contributed by atoms with E-state index in [4.69, 9.17) is 0 Å². The van der Waals surface area contributed by atoms with Crippen LogP contribution in [0.3, 0.4) is 0 Å². The molecule has 2 unspecified atom stereocenters. The summed E-state index contributed by atoms with van der Waals surface area (Å²) in [6.07, 6.45) is 10.5. The monoisotopic (exact) mass is 282 g/mol. The standard InChI is InChI=1S/C13H19BrN2/c1-10-5-3-2-4-6-13(10)16-12-7-11(14)8-15-9-12/h7-10,13,16H,2-6H2,1H3. The van der Waals surface area contributed by atoms with E-state index in [0.29, 0.717) is 6.04 Å². The molecule has 1 aromatic heterocycles. The largest absolute Gasteiger partial charge is 0.381 e. The molecule has 0 amide bonds. The first kappa shape index (κ1) is 11.9. The Labute approximate surface area is 106 Å². The van der Waals surface area contributed by atoms with E-state index in [1.807, 2.05) is 12.4 Å². The molecule has 1 aliphatic carbocycles. The third-order valence-corrected chi connectivity index (χ3v) is 3.85. The highest BCUT2D eigenvalue weighted by molar-refractivity contribution is 9.10. The lowest BCUT2D eigenvalue weighted by Gasteiger charge is -2.23. The molecule has 1 aromatic rings. The molecule has 88 valence electrons. The minimum Gasteiger partial charge on any atom is -0.381 e. The van der Waals surface area contributed by atoms with Gasteiger partial charge in [0.2, 0.25) is 0 Å². The molecule has 16 heavy (non-hydrogen) atoms. The van der Waals surface area contributed by atoms with Crippen LogP contribution in [0.25, 0.3) is 0 Å². The van der Waals surface area contributed by atoms with Gasteiger partial charge < -0.3 is 5.32 Å². The lowest BCUT2D eigenvalue weighted by molar-refractivity contribution is 0.456. The average Bonchev–Trinajstić information content (AvgIpc) is 2.45. The molecule has 1 fully saturated rings. The molecule has 2 atom stereocenters. The van der Waals surface area contributed by atoms with Crippen LogP contribution >= 0.6 is 15.9 Å². The highest BCUT2D eigenvalue weighted by Gasteiger charge is 2.19. The Kier molecular flexibility index (Phi) is 4.22.